The van der Waals surface area contributed by atoms with Crippen LogP contribution < -0.4 is 10.6 Å². The van der Waals surface area contributed by atoms with Gasteiger partial charge in [-0.05, 0) is 24.5 Å². The van der Waals surface area contributed by atoms with Crippen molar-refractivity contribution >= 4 is 18.1 Å². The molecule has 1 atom stereocenters. The molecule has 78 valence electrons. The third kappa shape index (κ3) is 1.86. The largest absolute Gasteiger partial charge is 0.370 e. The molecule has 2 nitrogen and oxygen atoms in total. The minimum Gasteiger partial charge on any atom is -0.370 e. The Hall–Kier alpha value is -0.730. The van der Waals surface area contributed by atoms with Crippen LogP contribution >= 0.6 is 12.4 Å². The van der Waals surface area contributed by atoms with Crippen LogP contribution in [0.4, 0.5) is 5.69 Å². The van der Waals surface area contributed by atoms with Crippen LogP contribution in [0.2, 0.25) is 0 Å². The average Bonchev–Trinajstić information content (AvgIpc) is 2.19. The van der Waals surface area contributed by atoms with Crippen molar-refractivity contribution in [3.05, 3.63) is 29.8 Å². The molecule has 1 heterocycles. The fraction of sp³-hybridized carbons (Fsp3) is 0.455. The van der Waals surface area contributed by atoms with Crippen LogP contribution in [0.1, 0.15) is 12.0 Å². The van der Waals surface area contributed by atoms with E-state index in [0.29, 0.717) is 6.04 Å². The van der Waals surface area contributed by atoms with Crippen molar-refractivity contribution in [3.8, 4) is 0 Å². The number of benzene rings is 1. The molecule has 2 N–H and O–H groups in total. The lowest BCUT2D eigenvalue weighted by Crippen LogP contribution is -2.41. The molecule has 0 aliphatic carbocycles. The van der Waals surface area contributed by atoms with Gasteiger partial charge in [-0.1, -0.05) is 18.2 Å². The van der Waals surface area contributed by atoms with Crippen LogP contribution in [-0.4, -0.2) is 19.6 Å². The lowest BCUT2D eigenvalue weighted by molar-refractivity contribution is 0.565. The van der Waals surface area contributed by atoms with E-state index < -0.39 is 0 Å². The number of anilines is 1. The second-order valence-corrected chi connectivity index (χ2v) is 3.67. The van der Waals surface area contributed by atoms with E-state index in [1.165, 1.54) is 24.1 Å². The van der Waals surface area contributed by atoms with Gasteiger partial charge in [-0.25, -0.2) is 0 Å². The zero-order chi connectivity index (χ0) is 9.26. The van der Waals surface area contributed by atoms with Gasteiger partial charge in [-0.15, -0.1) is 12.4 Å². The number of nitrogens with two attached hydrogens (primary N) is 1. The second kappa shape index (κ2) is 4.67. The third-order valence-corrected chi connectivity index (χ3v) is 2.94. The Balaban J connectivity index is 0.000000980. The molecule has 0 saturated heterocycles. The molecule has 3 heteroatoms. The van der Waals surface area contributed by atoms with Crippen molar-refractivity contribution in [1.29, 1.82) is 0 Å². The van der Waals surface area contributed by atoms with Crippen LogP contribution in [0.3, 0.4) is 0 Å². The number of hydrogen-bond donors (Lipinski definition) is 1. The molecule has 0 bridgehead atoms. The van der Waals surface area contributed by atoms with Gasteiger partial charge >= 0.3 is 0 Å². The average molecular weight is 213 g/mol. The van der Waals surface area contributed by atoms with E-state index in [1.54, 1.807) is 0 Å². The summed E-state index contributed by atoms with van der Waals surface area (Å²) >= 11 is 0. The summed E-state index contributed by atoms with van der Waals surface area (Å²) in [6.07, 6.45) is 2.35. The topological polar surface area (TPSA) is 29.3 Å². The zero-order valence-electron chi connectivity index (χ0n) is 8.44. The molecule has 0 saturated carbocycles. The summed E-state index contributed by atoms with van der Waals surface area (Å²) in [5.74, 6) is 0. The van der Waals surface area contributed by atoms with E-state index in [1.807, 2.05) is 0 Å². The molecule has 0 amide bonds. The highest BCUT2D eigenvalue weighted by Gasteiger charge is 2.20. The van der Waals surface area contributed by atoms with E-state index in [0.717, 1.165) is 6.54 Å². The first-order valence-electron chi connectivity index (χ1n) is 4.83. The Bertz CT molecular complexity index is 301. The van der Waals surface area contributed by atoms with E-state index in [-0.39, 0.29) is 12.4 Å². The summed E-state index contributed by atoms with van der Waals surface area (Å²) in [5.41, 5.74) is 8.51. The first-order valence-corrected chi connectivity index (χ1v) is 4.83. The lowest BCUT2D eigenvalue weighted by atomic mass is 9.96. The molecule has 1 aromatic rings. The lowest BCUT2D eigenvalue weighted by Gasteiger charge is -2.35. The van der Waals surface area contributed by atoms with Crippen LogP contribution in [0.15, 0.2) is 24.3 Å². The Morgan fingerprint density at radius 3 is 2.86 bits per heavy atom. The van der Waals surface area contributed by atoms with Crippen molar-refractivity contribution in [3.63, 3.8) is 0 Å². The van der Waals surface area contributed by atoms with Crippen LogP contribution in [0.25, 0.3) is 0 Å². The van der Waals surface area contributed by atoms with E-state index in [4.69, 9.17) is 5.73 Å². The van der Waals surface area contributed by atoms with Gasteiger partial charge in [0.25, 0.3) is 0 Å². The summed E-state index contributed by atoms with van der Waals surface area (Å²) in [7, 11) is 2.13. The zero-order valence-corrected chi connectivity index (χ0v) is 9.26. The predicted octanol–water partition coefficient (Wildman–Crippen LogP) is 1.82. The van der Waals surface area contributed by atoms with Gasteiger partial charge in [0, 0.05) is 25.3 Å². The summed E-state index contributed by atoms with van der Waals surface area (Å²) in [6.45, 7) is 0.755. The van der Waals surface area contributed by atoms with Crippen molar-refractivity contribution < 1.29 is 0 Å². The van der Waals surface area contributed by atoms with Gasteiger partial charge in [0.1, 0.15) is 0 Å². The summed E-state index contributed by atoms with van der Waals surface area (Å²) < 4.78 is 0. The standard InChI is InChI=1S/C11H16N2.ClH/c1-13-10(8-12)7-6-9-4-2-3-5-11(9)13;/h2-5,10H,6-8,12H2,1H3;1H. The van der Waals surface area contributed by atoms with E-state index in [2.05, 4.69) is 36.2 Å². The number of likely N-dealkylation sites (N-methyl/N-ethyl adjacent to an activating group) is 1. The number of fused-ring (bicyclic) bond motifs is 1. The molecule has 1 aliphatic rings. The van der Waals surface area contributed by atoms with Crippen LogP contribution in [-0.2, 0) is 6.42 Å². The van der Waals surface area contributed by atoms with Crippen molar-refractivity contribution in [1.82, 2.24) is 0 Å². The quantitative estimate of drug-likeness (QED) is 0.770. The van der Waals surface area contributed by atoms with Gasteiger partial charge < -0.3 is 10.6 Å². The SMILES string of the molecule is CN1c2ccccc2CCC1CN.Cl. The first-order chi connectivity index (χ1) is 6.33. The molecule has 1 unspecified atom stereocenters. The van der Waals surface area contributed by atoms with Crippen LogP contribution in [0, 0.1) is 0 Å². The highest BCUT2D eigenvalue weighted by molar-refractivity contribution is 5.85. The number of halogens is 1. The van der Waals surface area contributed by atoms with E-state index in [9.17, 15) is 0 Å². The van der Waals surface area contributed by atoms with Gasteiger partial charge in [0.15, 0.2) is 0 Å². The Kier molecular flexibility index (Phi) is 3.78. The molecular weight excluding hydrogens is 196 g/mol. The second-order valence-electron chi connectivity index (χ2n) is 3.67. The Morgan fingerprint density at radius 1 is 1.43 bits per heavy atom. The fourth-order valence-corrected chi connectivity index (χ4v) is 2.05. The minimum absolute atomic E-state index is 0. The maximum Gasteiger partial charge on any atom is 0.0412 e. The van der Waals surface area contributed by atoms with Gasteiger partial charge in [0.2, 0.25) is 0 Å². The molecule has 0 aromatic heterocycles. The molecule has 0 spiro atoms. The first kappa shape index (κ1) is 11.3. The molecule has 1 aliphatic heterocycles. The monoisotopic (exact) mass is 212 g/mol. The minimum atomic E-state index is 0. The molecule has 14 heavy (non-hydrogen) atoms. The highest BCUT2D eigenvalue weighted by Crippen LogP contribution is 2.28. The maximum atomic E-state index is 5.71. The van der Waals surface area contributed by atoms with Crippen molar-refractivity contribution in [2.75, 3.05) is 18.5 Å². The Labute approximate surface area is 91.5 Å². The molecule has 1 aromatic carbocycles. The number of rotatable bonds is 1. The van der Waals surface area contributed by atoms with E-state index >= 15 is 0 Å². The highest BCUT2D eigenvalue weighted by atomic mass is 35.5. The number of para-hydroxylation sites is 1. The van der Waals surface area contributed by atoms with Crippen molar-refractivity contribution in [2.24, 2.45) is 5.73 Å². The summed E-state index contributed by atoms with van der Waals surface area (Å²) in [5, 5.41) is 0. The molecule has 0 fully saturated rings. The summed E-state index contributed by atoms with van der Waals surface area (Å²) in [6, 6.07) is 9.11. The van der Waals surface area contributed by atoms with Crippen molar-refractivity contribution in [2.45, 2.75) is 18.9 Å². The fourth-order valence-electron chi connectivity index (χ4n) is 2.05. The Morgan fingerprint density at radius 2 is 2.14 bits per heavy atom. The molecular formula is C11H17ClN2. The number of aryl methyl sites for hydroxylation is 1. The molecule has 0 radical (unpaired) electrons. The normalized spacial score (nSPS) is 19.9. The third-order valence-electron chi connectivity index (χ3n) is 2.94. The maximum absolute atomic E-state index is 5.71. The van der Waals surface area contributed by atoms with Crippen LogP contribution in [0.5, 0.6) is 0 Å². The van der Waals surface area contributed by atoms with Gasteiger partial charge in [0.05, 0.1) is 0 Å². The number of hydrogen-bond acceptors (Lipinski definition) is 2. The van der Waals surface area contributed by atoms with Gasteiger partial charge in [-0.3, -0.25) is 0 Å². The smallest absolute Gasteiger partial charge is 0.0412 e. The predicted molar refractivity (Wildman–Crippen MR) is 63.3 cm³/mol. The number of nitrogens with zero attached hydrogens (tertiary/aromatic N) is 1. The van der Waals surface area contributed by atoms with Gasteiger partial charge in [-0.2, -0.15) is 0 Å². The molecule has 2 rings (SSSR count). The summed E-state index contributed by atoms with van der Waals surface area (Å²) in [4.78, 5) is 2.30.